The van der Waals surface area contributed by atoms with Crippen LogP contribution >= 0.6 is 0 Å². The molecule has 0 saturated heterocycles. The van der Waals surface area contributed by atoms with Crippen LogP contribution in [0.1, 0.15) is 6.42 Å². The first-order valence-electron chi connectivity index (χ1n) is 2.92. The normalized spacial score (nSPS) is 15.8. The molecule has 0 atom stereocenters. The van der Waals surface area contributed by atoms with Gasteiger partial charge in [0, 0.05) is 5.57 Å². The molecule has 1 heterocycles. The van der Waals surface area contributed by atoms with E-state index >= 15 is 0 Å². The van der Waals surface area contributed by atoms with Gasteiger partial charge in [0.1, 0.15) is 6.61 Å². The van der Waals surface area contributed by atoms with E-state index in [9.17, 15) is 9.90 Å². The summed E-state index contributed by atoms with van der Waals surface area (Å²) < 4.78 is 4.46. The zero-order valence-electron chi connectivity index (χ0n) is 6.42. The van der Waals surface area contributed by atoms with Gasteiger partial charge in [0.15, 0.2) is 0 Å². The number of carbonyl (C=O) groups is 1. The molecular weight excluding hydrogens is 155 g/mol. The molecule has 0 spiro atoms. The molecule has 1 rings (SSSR count). The third-order valence-corrected chi connectivity index (χ3v) is 1.27. The first-order valence-corrected chi connectivity index (χ1v) is 2.92. The molecule has 0 aromatic rings. The number of allylic oxidation sites excluding steroid dienone is 1. The van der Waals surface area contributed by atoms with Gasteiger partial charge in [-0.2, -0.15) is 0 Å². The summed E-state index contributed by atoms with van der Waals surface area (Å²) in [6, 6.07) is 0. The third-order valence-electron chi connectivity index (χ3n) is 1.27. The number of carbonyl (C=O) groups excluding carboxylic acids is 1. The van der Waals surface area contributed by atoms with Gasteiger partial charge in [0.2, 0.25) is 0 Å². The molecule has 0 N–H and O–H groups in total. The van der Waals surface area contributed by atoms with Crippen molar-refractivity contribution in [3.05, 3.63) is 24.0 Å². The van der Waals surface area contributed by atoms with Crippen LogP contribution in [-0.2, 0) is 9.53 Å². The molecule has 0 radical (unpaired) electrons. The maximum Gasteiger partial charge on any atom is 1.00 e. The molecule has 54 valence electrons. The molecular formula is C7H7NaO3. The third kappa shape index (κ3) is 2.36. The molecule has 0 fully saturated rings. The van der Waals surface area contributed by atoms with E-state index in [2.05, 4.69) is 11.3 Å². The minimum absolute atomic E-state index is 0. The largest absolute Gasteiger partial charge is 1.00 e. The minimum Gasteiger partial charge on any atom is -0.873 e. The predicted molar refractivity (Wildman–Crippen MR) is 32.8 cm³/mol. The van der Waals surface area contributed by atoms with Crippen LogP contribution in [0.15, 0.2) is 24.0 Å². The van der Waals surface area contributed by atoms with Crippen molar-refractivity contribution in [1.82, 2.24) is 0 Å². The summed E-state index contributed by atoms with van der Waals surface area (Å²) in [6.45, 7) is 3.32. The van der Waals surface area contributed by atoms with Crippen molar-refractivity contribution < 1.29 is 44.2 Å². The first kappa shape index (κ1) is 10.8. The average molecular weight is 162 g/mol. The Labute approximate surface area is 87.0 Å². The second-order valence-corrected chi connectivity index (χ2v) is 1.97. The van der Waals surface area contributed by atoms with E-state index in [1.54, 1.807) is 0 Å². The maximum atomic E-state index is 10.7. The van der Waals surface area contributed by atoms with Gasteiger partial charge < -0.3 is 9.84 Å². The number of rotatable bonds is 2. The molecule has 0 saturated carbocycles. The molecule has 0 bridgehead atoms. The van der Waals surface area contributed by atoms with Gasteiger partial charge in [0.05, 0.1) is 0 Å². The summed E-state index contributed by atoms with van der Waals surface area (Å²) in [4.78, 5) is 10.6. The minimum atomic E-state index is -0.495. The number of cyclic esters (lactones) is 1. The molecule has 1 aliphatic heterocycles. The van der Waals surface area contributed by atoms with E-state index in [1.165, 1.54) is 6.08 Å². The summed E-state index contributed by atoms with van der Waals surface area (Å²) in [5.41, 5.74) is 0.218. The van der Waals surface area contributed by atoms with Gasteiger partial charge in [-0.25, -0.2) is 4.79 Å². The summed E-state index contributed by atoms with van der Waals surface area (Å²) in [5.74, 6) is -0.713. The second-order valence-electron chi connectivity index (χ2n) is 1.97. The number of hydrogen-bond acceptors (Lipinski definition) is 3. The predicted octanol–water partition coefficient (Wildman–Crippen LogP) is -3.26. The van der Waals surface area contributed by atoms with Crippen LogP contribution in [0.2, 0.25) is 0 Å². The molecule has 3 nitrogen and oxygen atoms in total. The summed E-state index contributed by atoms with van der Waals surface area (Å²) in [5, 5.41) is 10.7. The van der Waals surface area contributed by atoms with Crippen LogP contribution < -0.4 is 34.7 Å². The Hall–Kier alpha value is -0.250. The van der Waals surface area contributed by atoms with Gasteiger partial charge in [-0.15, -0.1) is 6.58 Å². The summed E-state index contributed by atoms with van der Waals surface area (Å²) in [6.07, 6.45) is 1.83. The van der Waals surface area contributed by atoms with Crippen molar-refractivity contribution in [1.29, 1.82) is 0 Å². The van der Waals surface area contributed by atoms with Crippen molar-refractivity contribution in [3.63, 3.8) is 0 Å². The molecule has 0 aromatic carbocycles. The van der Waals surface area contributed by atoms with Gasteiger partial charge in [-0.3, -0.25) is 0 Å². The van der Waals surface area contributed by atoms with Gasteiger partial charge in [0.25, 0.3) is 0 Å². The van der Waals surface area contributed by atoms with E-state index in [0.717, 1.165) is 0 Å². The van der Waals surface area contributed by atoms with Crippen LogP contribution in [-0.4, -0.2) is 12.6 Å². The van der Waals surface area contributed by atoms with Gasteiger partial charge >= 0.3 is 35.5 Å². The number of esters is 1. The number of hydrogen-bond donors (Lipinski definition) is 0. The fraction of sp³-hybridized carbons (Fsp3) is 0.286. The first-order chi connectivity index (χ1) is 4.75. The second kappa shape index (κ2) is 4.59. The Bertz CT molecular complexity index is 208. The quantitative estimate of drug-likeness (QED) is 0.243. The standard InChI is InChI=1S/C7H8O3.Na/c1-2-3-5-6(8)4-10-7(5)9;/h2,8H,1,3-4H2;/q;+1/p-1. The molecule has 1 aliphatic rings. The molecule has 0 amide bonds. The van der Waals surface area contributed by atoms with E-state index in [4.69, 9.17) is 0 Å². The zero-order valence-corrected chi connectivity index (χ0v) is 8.42. The van der Waals surface area contributed by atoms with E-state index in [0.29, 0.717) is 6.42 Å². The van der Waals surface area contributed by atoms with Crippen molar-refractivity contribution in [2.75, 3.05) is 6.61 Å². The van der Waals surface area contributed by atoms with E-state index < -0.39 is 5.97 Å². The SMILES string of the molecule is C=CCC1=C([O-])COC1=O.[Na+]. The maximum absolute atomic E-state index is 10.7. The Kier molecular flexibility index (Phi) is 4.49. The van der Waals surface area contributed by atoms with Crippen LogP contribution in [0.5, 0.6) is 0 Å². The van der Waals surface area contributed by atoms with Gasteiger partial charge in [-0.1, -0.05) is 11.8 Å². The van der Waals surface area contributed by atoms with E-state index in [1.807, 2.05) is 0 Å². The monoisotopic (exact) mass is 162 g/mol. The van der Waals surface area contributed by atoms with E-state index in [-0.39, 0.29) is 47.5 Å². The topological polar surface area (TPSA) is 49.4 Å². The molecule has 4 heteroatoms. The van der Waals surface area contributed by atoms with Crippen LogP contribution in [0, 0.1) is 0 Å². The smallest absolute Gasteiger partial charge is 0.873 e. The fourth-order valence-electron chi connectivity index (χ4n) is 0.761. The van der Waals surface area contributed by atoms with Crippen molar-refractivity contribution in [2.45, 2.75) is 6.42 Å². The Morgan fingerprint density at radius 3 is 2.73 bits per heavy atom. The fourth-order valence-corrected chi connectivity index (χ4v) is 0.761. The molecule has 0 aliphatic carbocycles. The van der Waals surface area contributed by atoms with Crippen molar-refractivity contribution >= 4 is 5.97 Å². The Morgan fingerprint density at radius 2 is 2.36 bits per heavy atom. The zero-order chi connectivity index (χ0) is 7.56. The van der Waals surface area contributed by atoms with Crippen LogP contribution in [0.4, 0.5) is 0 Å². The van der Waals surface area contributed by atoms with Crippen LogP contribution in [0.25, 0.3) is 0 Å². The number of ether oxygens (including phenoxy) is 1. The Morgan fingerprint density at radius 1 is 1.73 bits per heavy atom. The molecule has 0 unspecified atom stereocenters. The van der Waals surface area contributed by atoms with Gasteiger partial charge in [-0.05, 0) is 6.42 Å². The summed E-state index contributed by atoms with van der Waals surface area (Å²) in [7, 11) is 0. The summed E-state index contributed by atoms with van der Waals surface area (Å²) >= 11 is 0. The van der Waals surface area contributed by atoms with Crippen molar-refractivity contribution in [3.8, 4) is 0 Å². The Balaban J connectivity index is 0.000001000. The molecule has 11 heavy (non-hydrogen) atoms. The van der Waals surface area contributed by atoms with Crippen molar-refractivity contribution in [2.24, 2.45) is 0 Å². The molecule has 0 aromatic heterocycles. The average Bonchev–Trinajstić information content (AvgIpc) is 2.20. The van der Waals surface area contributed by atoms with Crippen LogP contribution in [0.3, 0.4) is 0 Å².